The maximum atomic E-state index is 5.16. The summed E-state index contributed by atoms with van der Waals surface area (Å²) in [6.07, 6.45) is 3.53. The van der Waals surface area contributed by atoms with Gasteiger partial charge in [-0.15, -0.1) is 0 Å². The molecular weight excluding hydrogens is 164 g/mol. The molecule has 2 rings (SSSR count). The molecule has 0 saturated heterocycles. The number of hydrogen-bond acceptors (Lipinski definition) is 2. The Hall–Kier alpha value is -1.51. The van der Waals surface area contributed by atoms with E-state index in [-0.39, 0.29) is 0 Å². The van der Waals surface area contributed by atoms with Crippen LogP contribution in [-0.4, -0.2) is 9.78 Å². The van der Waals surface area contributed by atoms with E-state index in [1.54, 1.807) is 10.9 Å². The Bertz CT molecular complexity index is 335. The second-order valence-electron chi connectivity index (χ2n) is 2.35. The van der Waals surface area contributed by atoms with Gasteiger partial charge in [0.25, 0.3) is 0 Å². The fourth-order valence-corrected chi connectivity index (χ4v) is 0.971. The average Bonchev–Trinajstić information content (AvgIpc) is 2.77. The molecule has 13 heavy (non-hydrogen) atoms. The third kappa shape index (κ3) is 2.21. The SMILES string of the molecule is CC.Cn1ccc(-c2ccco2)n1. The van der Waals surface area contributed by atoms with Gasteiger partial charge in [0, 0.05) is 13.2 Å². The largest absolute Gasteiger partial charge is 0.463 e. The summed E-state index contributed by atoms with van der Waals surface area (Å²) in [6, 6.07) is 5.66. The number of furan rings is 1. The summed E-state index contributed by atoms with van der Waals surface area (Å²) in [5.74, 6) is 0.811. The number of hydrogen-bond donors (Lipinski definition) is 0. The molecule has 0 saturated carbocycles. The van der Waals surface area contributed by atoms with Crippen LogP contribution in [0.5, 0.6) is 0 Å². The summed E-state index contributed by atoms with van der Waals surface area (Å²) in [7, 11) is 1.88. The highest BCUT2D eigenvalue weighted by Gasteiger charge is 2.01. The normalized spacial score (nSPS) is 9.15. The van der Waals surface area contributed by atoms with Crippen LogP contribution in [0.4, 0.5) is 0 Å². The summed E-state index contributed by atoms with van der Waals surface area (Å²) >= 11 is 0. The molecule has 2 aromatic heterocycles. The Morgan fingerprint density at radius 1 is 1.31 bits per heavy atom. The zero-order valence-corrected chi connectivity index (χ0v) is 8.19. The highest BCUT2D eigenvalue weighted by atomic mass is 16.3. The van der Waals surface area contributed by atoms with E-state index >= 15 is 0 Å². The molecule has 0 radical (unpaired) electrons. The smallest absolute Gasteiger partial charge is 0.154 e. The van der Waals surface area contributed by atoms with Crippen molar-refractivity contribution in [2.24, 2.45) is 7.05 Å². The summed E-state index contributed by atoms with van der Waals surface area (Å²) in [5.41, 5.74) is 0.873. The maximum Gasteiger partial charge on any atom is 0.154 e. The van der Waals surface area contributed by atoms with Gasteiger partial charge in [-0.25, -0.2) is 0 Å². The Kier molecular flexibility index (Phi) is 3.31. The molecule has 0 atom stereocenters. The minimum absolute atomic E-state index is 0.811. The van der Waals surface area contributed by atoms with Crippen molar-refractivity contribution in [1.82, 2.24) is 9.78 Å². The Morgan fingerprint density at radius 2 is 2.08 bits per heavy atom. The van der Waals surface area contributed by atoms with Gasteiger partial charge in [0.05, 0.1) is 6.26 Å². The standard InChI is InChI=1S/C8H8N2O.C2H6/c1-10-5-4-7(9-10)8-3-2-6-11-8;1-2/h2-6H,1H3;1-2H3. The van der Waals surface area contributed by atoms with Gasteiger partial charge in [0.1, 0.15) is 5.69 Å². The second kappa shape index (κ2) is 4.50. The molecule has 0 fully saturated rings. The molecule has 0 aromatic carbocycles. The maximum absolute atomic E-state index is 5.16. The van der Waals surface area contributed by atoms with Gasteiger partial charge in [0.2, 0.25) is 0 Å². The first kappa shape index (κ1) is 9.58. The lowest BCUT2D eigenvalue weighted by molar-refractivity contribution is 0.578. The second-order valence-corrected chi connectivity index (χ2v) is 2.35. The lowest BCUT2D eigenvalue weighted by Gasteiger charge is -1.86. The molecule has 0 amide bonds. The van der Waals surface area contributed by atoms with E-state index in [1.165, 1.54) is 0 Å². The van der Waals surface area contributed by atoms with E-state index in [0.29, 0.717) is 0 Å². The lowest BCUT2D eigenvalue weighted by atomic mass is 10.3. The van der Waals surface area contributed by atoms with Gasteiger partial charge < -0.3 is 4.42 Å². The van der Waals surface area contributed by atoms with E-state index in [2.05, 4.69) is 5.10 Å². The number of nitrogens with zero attached hydrogens (tertiary/aromatic N) is 2. The predicted octanol–water partition coefficient (Wildman–Crippen LogP) is 2.71. The van der Waals surface area contributed by atoms with Crippen LogP contribution in [0.1, 0.15) is 13.8 Å². The number of aromatic nitrogens is 2. The molecule has 0 N–H and O–H groups in total. The molecule has 2 heterocycles. The van der Waals surface area contributed by atoms with Crippen molar-refractivity contribution < 1.29 is 4.42 Å². The highest BCUT2D eigenvalue weighted by Crippen LogP contribution is 2.15. The van der Waals surface area contributed by atoms with Crippen molar-refractivity contribution in [3.8, 4) is 11.5 Å². The van der Waals surface area contributed by atoms with E-state index in [9.17, 15) is 0 Å². The first-order valence-electron chi connectivity index (χ1n) is 4.40. The van der Waals surface area contributed by atoms with Gasteiger partial charge in [-0.1, -0.05) is 13.8 Å². The van der Waals surface area contributed by atoms with Crippen LogP contribution in [0.15, 0.2) is 35.1 Å². The first-order chi connectivity index (χ1) is 6.36. The minimum Gasteiger partial charge on any atom is -0.463 e. The Morgan fingerprint density at radius 3 is 2.54 bits per heavy atom. The fourth-order valence-electron chi connectivity index (χ4n) is 0.971. The van der Waals surface area contributed by atoms with E-state index < -0.39 is 0 Å². The van der Waals surface area contributed by atoms with E-state index in [0.717, 1.165) is 11.5 Å². The molecule has 2 aromatic rings. The molecule has 3 nitrogen and oxygen atoms in total. The number of rotatable bonds is 1. The average molecular weight is 178 g/mol. The van der Waals surface area contributed by atoms with Crippen LogP contribution in [0.2, 0.25) is 0 Å². The summed E-state index contributed by atoms with van der Waals surface area (Å²) in [5, 5.41) is 4.18. The quantitative estimate of drug-likeness (QED) is 0.672. The van der Waals surface area contributed by atoms with Gasteiger partial charge in [-0.3, -0.25) is 4.68 Å². The summed E-state index contributed by atoms with van der Waals surface area (Å²) in [4.78, 5) is 0. The zero-order valence-electron chi connectivity index (χ0n) is 8.19. The van der Waals surface area contributed by atoms with Crippen LogP contribution < -0.4 is 0 Å². The van der Waals surface area contributed by atoms with Crippen molar-refractivity contribution in [2.45, 2.75) is 13.8 Å². The van der Waals surface area contributed by atoms with Gasteiger partial charge in [-0.05, 0) is 18.2 Å². The van der Waals surface area contributed by atoms with Gasteiger partial charge >= 0.3 is 0 Å². The lowest BCUT2D eigenvalue weighted by Crippen LogP contribution is -1.86. The van der Waals surface area contributed by atoms with E-state index in [4.69, 9.17) is 4.42 Å². The minimum atomic E-state index is 0.811. The van der Waals surface area contributed by atoms with Crippen molar-refractivity contribution in [1.29, 1.82) is 0 Å². The van der Waals surface area contributed by atoms with Crippen molar-refractivity contribution in [3.63, 3.8) is 0 Å². The molecule has 0 aliphatic rings. The molecule has 70 valence electrons. The molecule has 0 spiro atoms. The van der Waals surface area contributed by atoms with Gasteiger partial charge in [0.15, 0.2) is 5.76 Å². The third-order valence-corrected chi connectivity index (χ3v) is 1.49. The zero-order chi connectivity index (χ0) is 9.68. The molecule has 0 unspecified atom stereocenters. The third-order valence-electron chi connectivity index (χ3n) is 1.49. The van der Waals surface area contributed by atoms with Crippen LogP contribution >= 0.6 is 0 Å². The summed E-state index contributed by atoms with van der Waals surface area (Å²) < 4.78 is 6.90. The van der Waals surface area contributed by atoms with Crippen LogP contribution in [0, 0.1) is 0 Å². The van der Waals surface area contributed by atoms with Crippen molar-refractivity contribution in [3.05, 3.63) is 30.7 Å². The molecule has 0 bridgehead atoms. The fraction of sp³-hybridized carbons (Fsp3) is 0.300. The number of aryl methyl sites for hydroxylation is 1. The van der Waals surface area contributed by atoms with Crippen LogP contribution in [-0.2, 0) is 7.05 Å². The predicted molar refractivity (Wildman–Crippen MR) is 52.3 cm³/mol. The Balaban J connectivity index is 0.000000396. The molecule has 0 aliphatic carbocycles. The molecule has 3 heteroatoms. The summed E-state index contributed by atoms with van der Waals surface area (Å²) in [6.45, 7) is 4.00. The Labute approximate surface area is 78.0 Å². The van der Waals surface area contributed by atoms with Crippen LogP contribution in [0.25, 0.3) is 11.5 Å². The highest BCUT2D eigenvalue weighted by molar-refractivity contribution is 5.50. The van der Waals surface area contributed by atoms with Gasteiger partial charge in [-0.2, -0.15) is 5.10 Å². The first-order valence-corrected chi connectivity index (χ1v) is 4.40. The van der Waals surface area contributed by atoms with Crippen molar-refractivity contribution >= 4 is 0 Å². The van der Waals surface area contributed by atoms with E-state index in [1.807, 2.05) is 45.3 Å². The topological polar surface area (TPSA) is 31.0 Å². The molecular formula is C10H14N2O. The monoisotopic (exact) mass is 178 g/mol. The molecule has 0 aliphatic heterocycles. The van der Waals surface area contributed by atoms with Crippen molar-refractivity contribution in [2.75, 3.05) is 0 Å². The van der Waals surface area contributed by atoms with Crippen LogP contribution in [0.3, 0.4) is 0 Å².